The molecule has 31 heavy (non-hydrogen) atoms. The summed E-state index contributed by atoms with van der Waals surface area (Å²) in [6.45, 7) is 3.53. The average molecular weight is 416 g/mol. The van der Waals surface area contributed by atoms with Gasteiger partial charge in [0.15, 0.2) is 11.5 Å². The topological polar surface area (TPSA) is 75.7 Å². The van der Waals surface area contributed by atoms with Gasteiger partial charge in [-0.2, -0.15) is 0 Å². The van der Waals surface area contributed by atoms with Crippen LogP contribution in [0.25, 0.3) is 0 Å². The van der Waals surface area contributed by atoms with E-state index >= 15 is 0 Å². The van der Waals surface area contributed by atoms with Crippen molar-refractivity contribution >= 4 is 17.4 Å². The van der Waals surface area contributed by atoms with Gasteiger partial charge in [0.05, 0.1) is 0 Å². The van der Waals surface area contributed by atoms with Crippen molar-refractivity contribution in [3.8, 4) is 11.5 Å². The third kappa shape index (κ3) is 4.32. The fraction of sp³-hybridized carbons (Fsp3) is 0.250. The monoisotopic (exact) mass is 416 g/mol. The lowest BCUT2D eigenvalue weighted by Crippen LogP contribution is -2.46. The molecule has 2 aromatic carbocycles. The first-order chi connectivity index (χ1) is 15.3. The summed E-state index contributed by atoms with van der Waals surface area (Å²) in [5.74, 6) is 1.96. The van der Waals surface area contributed by atoms with E-state index in [4.69, 9.17) is 9.47 Å². The zero-order valence-corrected chi connectivity index (χ0v) is 17.1. The molecule has 0 radical (unpaired) electrons. The number of aromatic nitrogens is 1. The summed E-state index contributed by atoms with van der Waals surface area (Å²) in [5.41, 5.74) is 2.48. The molecule has 158 valence electrons. The minimum atomic E-state index is -0.185. The maximum atomic E-state index is 12.9. The molecule has 0 saturated carbocycles. The Morgan fingerprint density at radius 2 is 1.87 bits per heavy atom. The molecule has 1 fully saturated rings. The van der Waals surface area contributed by atoms with E-state index in [0.29, 0.717) is 36.0 Å². The Balaban J connectivity index is 1.30. The molecule has 0 unspecified atom stereocenters. The Morgan fingerprint density at radius 3 is 2.74 bits per heavy atom. The van der Waals surface area contributed by atoms with Crippen LogP contribution < -0.4 is 25.0 Å². The van der Waals surface area contributed by atoms with Crippen LogP contribution in [0, 0.1) is 0 Å². The number of amides is 1. The number of pyridine rings is 1. The molecule has 1 saturated heterocycles. The Labute approximate surface area is 181 Å². The van der Waals surface area contributed by atoms with Crippen LogP contribution in [0.4, 0.5) is 11.5 Å². The first-order valence-electron chi connectivity index (χ1n) is 10.5. The number of rotatable bonds is 4. The lowest BCUT2D eigenvalue weighted by Gasteiger charge is -2.34. The second kappa shape index (κ2) is 8.65. The van der Waals surface area contributed by atoms with Crippen molar-refractivity contribution < 1.29 is 14.3 Å². The van der Waals surface area contributed by atoms with Crippen LogP contribution in [0.15, 0.2) is 66.9 Å². The van der Waals surface area contributed by atoms with Gasteiger partial charge in [-0.25, -0.2) is 4.98 Å². The molecule has 2 N–H and O–H groups in total. The van der Waals surface area contributed by atoms with E-state index in [9.17, 15) is 4.79 Å². The SMILES string of the molecule is O=C(Nc1ccc2c(c1)OCCO2)c1ccnc(N2CCN[C@@H](c3ccccc3)C2)c1. The minimum absolute atomic E-state index is 0.185. The normalized spacial score (nSPS) is 17.8. The highest BCUT2D eigenvalue weighted by Crippen LogP contribution is 2.32. The Morgan fingerprint density at radius 1 is 1.03 bits per heavy atom. The molecule has 3 aromatic rings. The first kappa shape index (κ1) is 19.4. The van der Waals surface area contributed by atoms with Crippen molar-refractivity contribution in [1.82, 2.24) is 10.3 Å². The number of fused-ring (bicyclic) bond motifs is 1. The maximum absolute atomic E-state index is 12.9. The number of piperazine rings is 1. The highest BCUT2D eigenvalue weighted by Gasteiger charge is 2.22. The summed E-state index contributed by atoms with van der Waals surface area (Å²) in [4.78, 5) is 19.6. The molecule has 7 heteroatoms. The quantitative estimate of drug-likeness (QED) is 0.680. The van der Waals surface area contributed by atoms with Gasteiger partial charge in [0.1, 0.15) is 19.0 Å². The van der Waals surface area contributed by atoms with E-state index in [2.05, 4.69) is 44.8 Å². The van der Waals surface area contributed by atoms with Gasteiger partial charge in [-0.3, -0.25) is 4.79 Å². The highest BCUT2D eigenvalue weighted by atomic mass is 16.6. The number of carbonyl (C=O) groups is 1. The maximum Gasteiger partial charge on any atom is 0.255 e. The van der Waals surface area contributed by atoms with Crippen LogP contribution in [-0.2, 0) is 0 Å². The average Bonchev–Trinajstić information content (AvgIpc) is 2.85. The molecule has 1 aromatic heterocycles. The molecule has 1 atom stereocenters. The lowest BCUT2D eigenvalue weighted by atomic mass is 10.0. The zero-order chi connectivity index (χ0) is 21.0. The number of nitrogens with one attached hydrogen (secondary N) is 2. The first-order valence-corrected chi connectivity index (χ1v) is 10.5. The van der Waals surface area contributed by atoms with Gasteiger partial charge in [0, 0.05) is 49.2 Å². The smallest absolute Gasteiger partial charge is 0.255 e. The molecular weight excluding hydrogens is 392 g/mol. The summed E-state index contributed by atoms with van der Waals surface area (Å²) < 4.78 is 11.1. The standard InChI is InChI=1S/C24H24N4O3/c29-24(27-19-6-7-21-22(15-19)31-13-12-30-21)18-8-9-26-23(14-18)28-11-10-25-20(16-28)17-4-2-1-3-5-17/h1-9,14-15,20,25H,10-13,16H2,(H,27,29)/t20-/m1/s1. The van der Waals surface area contributed by atoms with Crippen LogP contribution in [0.5, 0.6) is 11.5 Å². The second-order valence-corrected chi connectivity index (χ2v) is 7.58. The predicted octanol–water partition coefficient (Wildman–Crippen LogP) is 3.26. The van der Waals surface area contributed by atoms with Crippen LogP contribution in [0.2, 0.25) is 0 Å². The summed E-state index contributed by atoms with van der Waals surface area (Å²) in [6.07, 6.45) is 1.69. The number of nitrogens with zero attached hydrogens (tertiary/aromatic N) is 2. The molecule has 0 spiro atoms. The summed E-state index contributed by atoms with van der Waals surface area (Å²) in [7, 11) is 0. The molecule has 0 aliphatic carbocycles. The number of ether oxygens (including phenoxy) is 2. The molecular formula is C24H24N4O3. The van der Waals surface area contributed by atoms with Crippen molar-refractivity contribution in [1.29, 1.82) is 0 Å². The number of benzene rings is 2. The Kier molecular flexibility index (Phi) is 5.41. The minimum Gasteiger partial charge on any atom is -0.486 e. The van der Waals surface area contributed by atoms with Crippen LogP contribution in [-0.4, -0.2) is 43.7 Å². The fourth-order valence-corrected chi connectivity index (χ4v) is 3.92. The van der Waals surface area contributed by atoms with Crippen LogP contribution in [0.1, 0.15) is 22.0 Å². The highest BCUT2D eigenvalue weighted by molar-refractivity contribution is 6.04. The molecule has 1 amide bonds. The number of anilines is 2. The Hall–Kier alpha value is -3.58. The molecule has 0 bridgehead atoms. The van der Waals surface area contributed by atoms with Crippen molar-refractivity contribution in [2.75, 3.05) is 43.1 Å². The zero-order valence-electron chi connectivity index (χ0n) is 17.1. The molecule has 7 nitrogen and oxygen atoms in total. The summed E-state index contributed by atoms with van der Waals surface area (Å²) in [5, 5.41) is 6.50. The number of carbonyl (C=O) groups excluding carboxylic acids is 1. The van der Waals surface area contributed by atoms with Crippen LogP contribution in [0.3, 0.4) is 0 Å². The van der Waals surface area contributed by atoms with Crippen molar-refractivity contribution in [2.24, 2.45) is 0 Å². The number of hydrogen-bond acceptors (Lipinski definition) is 6. The van der Waals surface area contributed by atoms with Gasteiger partial charge in [-0.1, -0.05) is 30.3 Å². The van der Waals surface area contributed by atoms with Crippen molar-refractivity contribution in [3.63, 3.8) is 0 Å². The second-order valence-electron chi connectivity index (χ2n) is 7.58. The van der Waals surface area contributed by atoms with Gasteiger partial charge >= 0.3 is 0 Å². The third-order valence-corrected chi connectivity index (χ3v) is 5.51. The lowest BCUT2D eigenvalue weighted by molar-refractivity contribution is 0.102. The predicted molar refractivity (Wildman–Crippen MR) is 119 cm³/mol. The van der Waals surface area contributed by atoms with Gasteiger partial charge in [0.25, 0.3) is 5.91 Å². The van der Waals surface area contributed by atoms with Gasteiger partial charge < -0.3 is 25.0 Å². The van der Waals surface area contributed by atoms with E-state index in [-0.39, 0.29) is 11.9 Å². The summed E-state index contributed by atoms with van der Waals surface area (Å²) >= 11 is 0. The third-order valence-electron chi connectivity index (χ3n) is 5.51. The van der Waals surface area contributed by atoms with E-state index in [1.54, 1.807) is 18.3 Å². The summed E-state index contributed by atoms with van der Waals surface area (Å²) in [6, 6.07) is 19.6. The van der Waals surface area contributed by atoms with Crippen molar-refractivity contribution in [2.45, 2.75) is 6.04 Å². The fourth-order valence-electron chi connectivity index (χ4n) is 3.92. The molecule has 3 heterocycles. The van der Waals surface area contributed by atoms with E-state index in [1.165, 1.54) is 5.56 Å². The van der Waals surface area contributed by atoms with E-state index in [1.807, 2.05) is 24.3 Å². The van der Waals surface area contributed by atoms with E-state index < -0.39 is 0 Å². The van der Waals surface area contributed by atoms with Gasteiger partial charge in [0.2, 0.25) is 0 Å². The Bertz CT molecular complexity index is 1070. The van der Waals surface area contributed by atoms with Gasteiger partial charge in [-0.05, 0) is 29.8 Å². The van der Waals surface area contributed by atoms with Crippen LogP contribution >= 0.6 is 0 Å². The largest absolute Gasteiger partial charge is 0.486 e. The molecule has 2 aliphatic rings. The van der Waals surface area contributed by atoms with E-state index in [0.717, 1.165) is 25.5 Å². The molecule has 2 aliphatic heterocycles. The van der Waals surface area contributed by atoms with Gasteiger partial charge in [-0.15, -0.1) is 0 Å². The van der Waals surface area contributed by atoms with Crippen molar-refractivity contribution in [3.05, 3.63) is 78.0 Å². The number of hydrogen-bond donors (Lipinski definition) is 2. The molecule has 5 rings (SSSR count).